The molecule has 0 atom stereocenters. The molecule has 1 amide bonds. The highest BCUT2D eigenvalue weighted by Crippen LogP contribution is 2.05. The highest BCUT2D eigenvalue weighted by molar-refractivity contribution is 7.07. The molecule has 0 saturated heterocycles. The van der Waals surface area contributed by atoms with E-state index >= 15 is 0 Å². The zero-order valence-corrected chi connectivity index (χ0v) is 10.8. The van der Waals surface area contributed by atoms with Gasteiger partial charge in [-0.25, -0.2) is 0 Å². The minimum absolute atomic E-state index is 0.208. The van der Waals surface area contributed by atoms with E-state index in [9.17, 15) is 4.79 Å². The predicted molar refractivity (Wildman–Crippen MR) is 68.8 cm³/mol. The summed E-state index contributed by atoms with van der Waals surface area (Å²) in [6.07, 6.45) is 2.63. The van der Waals surface area contributed by atoms with Crippen LogP contribution in [0.25, 0.3) is 0 Å². The van der Waals surface area contributed by atoms with Crippen LogP contribution < -0.4 is 5.32 Å². The van der Waals surface area contributed by atoms with Crippen molar-refractivity contribution in [1.82, 2.24) is 10.2 Å². The van der Waals surface area contributed by atoms with E-state index in [2.05, 4.69) is 22.1 Å². The van der Waals surface area contributed by atoms with Crippen LogP contribution in [0.15, 0.2) is 16.8 Å². The summed E-state index contributed by atoms with van der Waals surface area (Å²) in [5.74, 6) is 0.208. The van der Waals surface area contributed by atoms with Gasteiger partial charge in [-0.3, -0.25) is 4.79 Å². The fourth-order valence-corrected chi connectivity index (χ4v) is 2.08. The van der Waals surface area contributed by atoms with Gasteiger partial charge in [0.1, 0.15) is 0 Å². The van der Waals surface area contributed by atoms with E-state index in [-0.39, 0.29) is 5.91 Å². The highest BCUT2D eigenvalue weighted by Gasteiger charge is 2.02. The number of carbonyl (C=O) groups excluding carboxylic acids is 1. The van der Waals surface area contributed by atoms with Crippen LogP contribution in [0.4, 0.5) is 0 Å². The lowest BCUT2D eigenvalue weighted by Gasteiger charge is -2.09. The topological polar surface area (TPSA) is 32.3 Å². The van der Waals surface area contributed by atoms with E-state index in [1.807, 2.05) is 0 Å². The van der Waals surface area contributed by atoms with Crippen LogP contribution in [-0.2, 0) is 11.2 Å². The lowest BCUT2D eigenvalue weighted by atomic mass is 10.2. The molecule has 0 radical (unpaired) electrons. The first-order valence-corrected chi connectivity index (χ1v) is 6.56. The molecule has 1 rings (SSSR count). The van der Waals surface area contributed by atoms with Gasteiger partial charge in [-0.05, 0) is 48.3 Å². The number of nitrogens with zero attached hydrogens (tertiary/aromatic N) is 1. The zero-order valence-electron chi connectivity index (χ0n) is 10.0. The molecule has 0 saturated carbocycles. The monoisotopic (exact) mass is 240 g/mol. The number of carbonyl (C=O) groups is 1. The molecule has 16 heavy (non-hydrogen) atoms. The smallest absolute Gasteiger partial charge is 0.222 e. The lowest BCUT2D eigenvalue weighted by molar-refractivity contribution is -0.128. The van der Waals surface area contributed by atoms with Crippen LogP contribution in [-0.4, -0.2) is 38.0 Å². The van der Waals surface area contributed by atoms with Gasteiger partial charge in [0, 0.05) is 20.5 Å². The van der Waals surface area contributed by atoms with Crippen molar-refractivity contribution in [3.05, 3.63) is 22.4 Å². The van der Waals surface area contributed by atoms with Gasteiger partial charge in [0.05, 0.1) is 0 Å². The van der Waals surface area contributed by atoms with Gasteiger partial charge in [0.25, 0.3) is 0 Å². The second kappa shape index (κ2) is 7.41. The number of hydrogen-bond acceptors (Lipinski definition) is 3. The molecule has 1 aromatic heterocycles. The third-order valence-electron chi connectivity index (χ3n) is 2.41. The molecule has 1 N–H and O–H groups in total. The molecule has 1 aromatic rings. The summed E-state index contributed by atoms with van der Waals surface area (Å²) in [6, 6.07) is 2.15. The van der Waals surface area contributed by atoms with E-state index in [4.69, 9.17) is 0 Å². The maximum atomic E-state index is 11.3. The van der Waals surface area contributed by atoms with Crippen molar-refractivity contribution in [2.45, 2.75) is 19.3 Å². The van der Waals surface area contributed by atoms with E-state index in [1.54, 1.807) is 30.3 Å². The average Bonchev–Trinajstić information content (AvgIpc) is 2.75. The SMILES string of the molecule is CN(C)C(=O)CCCNCCc1ccsc1. The first kappa shape index (κ1) is 13.2. The molecular weight excluding hydrogens is 220 g/mol. The second-order valence-electron chi connectivity index (χ2n) is 4.02. The molecule has 0 aliphatic heterocycles. The molecular formula is C12H20N2OS. The van der Waals surface area contributed by atoms with Gasteiger partial charge in [0.2, 0.25) is 5.91 Å². The standard InChI is InChI=1S/C12H20N2OS/c1-14(2)12(15)4-3-7-13-8-5-11-6-9-16-10-11/h6,9-10,13H,3-5,7-8H2,1-2H3. The van der Waals surface area contributed by atoms with E-state index < -0.39 is 0 Å². The fourth-order valence-electron chi connectivity index (χ4n) is 1.38. The predicted octanol–water partition coefficient (Wildman–Crippen LogP) is 1.75. The van der Waals surface area contributed by atoms with Crippen LogP contribution in [0.5, 0.6) is 0 Å². The number of thiophene rings is 1. The quantitative estimate of drug-likeness (QED) is 0.736. The molecule has 3 nitrogen and oxygen atoms in total. The third-order valence-corrected chi connectivity index (χ3v) is 3.15. The van der Waals surface area contributed by atoms with Crippen molar-refractivity contribution in [1.29, 1.82) is 0 Å². The fraction of sp³-hybridized carbons (Fsp3) is 0.583. The van der Waals surface area contributed by atoms with Gasteiger partial charge in [-0.1, -0.05) is 0 Å². The Kier molecular flexibility index (Phi) is 6.11. The third kappa shape index (κ3) is 5.28. The lowest BCUT2D eigenvalue weighted by Crippen LogP contribution is -2.24. The number of amides is 1. The van der Waals surface area contributed by atoms with Crippen molar-refractivity contribution in [2.24, 2.45) is 0 Å². The second-order valence-corrected chi connectivity index (χ2v) is 4.80. The van der Waals surface area contributed by atoms with Crippen LogP contribution in [0.2, 0.25) is 0 Å². The van der Waals surface area contributed by atoms with Crippen molar-refractivity contribution < 1.29 is 4.79 Å². The molecule has 90 valence electrons. The molecule has 0 aromatic carbocycles. The number of rotatable bonds is 7. The van der Waals surface area contributed by atoms with E-state index in [1.165, 1.54) is 5.56 Å². The van der Waals surface area contributed by atoms with Crippen LogP contribution in [0.1, 0.15) is 18.4 Å². The summed E-state index contributed by atoms with van der Waals surface area (Å²) in [5.41, 5.74) is 1.39. The van der Waals surface area contributed by atoms with Crippen molar-refractivity contribution in [3.8, 4) is 0 Å². The first-order valence-electron chi connectivity index (χ1n) is 5.62. The Balaban J connectivity index is 1.94. The van der Waals surface area contributed by atoms with Crippen LogP contribution >= 0.6 is 11.3 Å². The van der Waals surface area contributed by atoms with E-state index in [0.29, 0.717) is 6.42 Å². The van der Waals surface area contributed by atoms with Crippen LogP contribution in [0.3, 0.4) is 0 Å². The van der Waals surface area contributed by atoms with E-state index in [0.717, 1.165) is 25.9 Å². The van der Waals surface area contributed by atoms with Crippen molar-refractivity contribution in [2.75, 3.05) is 27.2 Å². The number of hydrogen-bond donors (Lipinski definition) is 1. The minimum Gasteiger partial charge on any atom is -0.349 e. The molecule has 0 aliphatic rings. The normalized spacial score (nSPS) is 10.4. The summed E-state index contributed by atoms with van der Waals surface area (Å²) in [7, 11) is 3.60. The average molecular weight is 240 g/mol. The van der Waals surface area contributed by atoms with Crippen LogP contribution in [0, 0.1) is 0 Å². The number of nitrogens with one attached hydrogen (secondary N) is 1. The van der Waals surface area contributed by atoms with Gasteiger partial charge < -0.3 is 10.2 Å². The molecule has 0 unspecified atom stereocenters. The first-order chi connectivity index (χ1) is 7.70. The minimum atomic E-state index is 0.208. The molecule has 0 spiro atoms. The summed E-state index contributed by atoms with van der Waals surface area (Å²) < 4.78 is 0. The van der Waals surface area contributed by atoms with Crippen molar-refractivity contribution in [3.63, 3.8) is 0 Å². The zero-order chi connectivity index (χ0) is 11.8. The van der Waals surface area contributed by atoms with Gasteiger partial charge >= 0.3 is 0 Å². The Morgan fingerprint density at radius 1 is 1.44 bits per heavy atom. The largest absolute Gasteiger partial charge is 0.349 e. The Bertz CT molecular complexity index is 296. The Morgan fingerprint density at radius 2 is 2.25 bits per heavy atom. The van der Waals surface area contributed by atoms with Crippen molar-refractivity contribution >= 4 is 17.2 Å². The Labute approximate surface area is 101 Å². The maximum absolute atomic E-state index is 11.3. The Hall–Kier alpha value is -0.870. The molecule has 1 heterocycles. The maximum Gasteiger partial charge on any atom is 0.222 e. The summed E-state index contributed by atoms with van der Waals surface area (Å²) in [4.78, 5) is 12.9. The molecule has 4 heteroatoms. The highest BCUT2D eigenvalue weighted by atomic mass is 32.1. The van der Waals surface area contributed by atoms with Gasteiger partial charge in [-0.15, -0.1) is 0 Å². The van der Waals surface area contributed by atoms with Gasteiger partial charge in [-0.2, -0.15) is 11.3 Å². The summed E-state index contributed by atoms with van der Waals surface area (Å²) in [6.45, 7) is 1.91. The summed E-state index contributed by atoms with van der Waals surface area (Å²) >= 11 is 1.74. The molecule has 0 aliphatic carbocycles. The Morgan fingerprint density at radius 3 is 2.88 bits per heavy atom. The van der Waals surface area contributed by atoms with Gasteiger partial charge in [0.15, 0.2) is 0 Å². The summed E-state index contributed by atoms with van der Waals surface area (Å²) in [5, 5.41) is 7.63. The molecule has 0 bridgehead atoms. The molecule has 0 fully saturated rings.